The van der Waals surface area contributed by atoms with Crippen molar-refractivity contribution < 1.29 is 14.3 Å². The lowest BCUT2D eigenvalue weighted by atomic mass is 10.1. The van der Waals surface area contributed by atoms with E-state index in [1.165, 1.54) is 6.20 Å². The molecule has 1 amide bonds. The average molecular weight is 341 g/mol. The van der Waals surface area contributed by atoms with Crippen molar-refractivity contribution in [1.82, 2.24) is 4.98 Å². The van der Waals surface area contributed by atoms with Gasteiger partial charge in [0.25, 0.3) is 5.91 Å². The minimum absolute atomic E-state index is 0.125. The van der Waals surface area contributed by atoms with Crippen LogP contribution in [0.25, 0.3) is 0 Å². The van der Waals surface area contributed by atoms with Gasteiger partial charge in [0.15, 0.2) is 0 Å². The van der Waals surface area contributed by atoms with Gasteiger partial charge in [0.05, 0.1) is 23.4 Å². The van der Waals surface area contributed by atoms with Gasteiger partial charge in [0.1, 0.15) is 0 Å². The third-order valence-corrected chi connectivity index (χ3v) is 3.17. The highest BCUT2D eigenvalue weighted by Crippen LogP contribution is 2.16. The standard InChI is InChI=1S/C19H23N3O3/c1-5-25-18(24)13-6-8-15(9-7-13)21-17(23)14-10-16(12-20-11-14)22-19(2,3)4/h6-12,22H,5H2,1-4H3,(H,21,23). The molecular weight excluding hydrogens is 318 g/mol. The number of hydrogen-bond acceptors (Lipinski definition) is 5. The van der Waals surface area contributed by atoms with Crippen LogP contribution in [-0.4, -0.2) is 29.0 Å². The van der Waals surface area contributed by atoms with Gasteiger partial charge in [-0.3, -0.25) is 9.78 Å². The lowest BCUT2D eigenvalue weighted by Gasteiger charge is -2.22. The molecular formula is C19H23N3O3. The van der Waals surface area contributed by atoms with E-state index >= 15 is 0 Å². The van der Waals surface area contributed by atoms with E-state index in [0.29, 0.717) is 23.4 Å². The van der Waals surface area contributed by atoms with Crippen LogP contribution in [0.3, 0.4) is 0 Å². The predicted octanol–water partition coefficient (Wildman–Crippen LogP) is 3.72. The monoisotopic (exact) mass is 341 g/mol. The lowest BCUT2D eigenvalue weighted by molar-refractivity contribution is 0.0526. The number of pyridine rings is 1. The molecule has 0 spiro atoms. The van der Waals surface area contributed by atoms with Crippen LogP contribution in [0.2, 0.25) is 0 Å². The number of nitrogens with zero attached hydrogens (tertiary/aromatic N) is 1. The minimum Gasteiger partial charge on any atom is -0.462 e. The summed E-state index contributed by atoms with van der Waals surface area (Å²) < 4.78 is 4.93. The first kappa shape index (κ1) is 18.4. The summed E-state index contributed by atoms with van der Waals surface area (Å²) in [6.07, 6.45) is 3.19. The summed E-state index contributed by atoms with van der Waals surface area (Å²) in [6.45, 7) is 8.17. The van der Waals surface area contributed by atoms with Crippen molar-refractivity contribution in [2.75, 3.05) is 17.2 Å². The van der Waals surface area contributed by atoms with Gasteiger partial charge in [-0.25, -0.2) is 4.79 Å². The van der Waals surface area contributed by atoms with E-state index in [2.05, 4.69) is 15.6 Å². The number of rotatable bonds is 5. The zero-order valence-corrected chi connectivity index (χ0v) is 14.9. The normalized spacial score (nSPS) is 10.9. The number of anilines is 2. The molecule has 2 N–H and O–H groups in total. The molecule has 0 aliphatic heterocycles. The highest BCUT2D eigenvalue weighted by atomic mass is 16.5. The third kappa shape index (κ3) is 5.60. The summed E-state index contributed by atoms with van der Waals surface area (Å²) in [7, 11) is 0. The third-order valence-electron chi connectivity index (χ3n) is 3.17. The molecule has 1 aromatic carbocycles. The molecule has 0 bridgehead atoms. The molecule has 2 rings (SSSR count). The maximum absolute atomic E-state index is 12.4. The molecule has 0 atom stereocenters. The average Bonchev–Trinajstić information content (AvgIpc) is 2.54. The quantitative estimate of drug-likeness (QED) is 0.810. The fourth-order valence-corrected chi connectivity index (χ4v) is 2.17. The van der Waals surface area contributed by atoms with Crippen molar-refractivity contribution in [1.29, 1.82) is 0 Å². The summed E-state index contributed by atoms with van der Waals surface area (Å²) in [5.41, 5.74) is 2.13. The highest BCUT2D eigenvalue weighted by Gasteiger charge is 2.13. The van der Waals surface area contributed by atoms with Crippen LogP contribution in [0.15, 0.2) is 42.7 Å². The van der Waals surface area contributed by atoms with Crippen molar-refractivity contribution in [2.24, 2.45) is 0 Å². The predicted molar refractivity (Wildman–Crippen MR) is 98.0 cm³/mol. The summed E-state index contributed by atoms with van der Waals surface area (Å²) in [6, 6.07) is 8.30. The van der Waals surface area contributed by atoms with Crippen molar-refractivity contribution in [2.45, 2.75) is 33.2 Å². The van der Waals surface area contributed by atoms with Crippen LogP contribution in [0.4, 0.5) is 11.4 Å². The second-order valence-corrected chi connectivity index (χ2v) is 6.59. The van der Waals surface area contributed by atoms with Crippen LogP contribution in [-0.2, 0) is 4.74 Å². The number of carbonyl (C=O) groups is 2. The molecule has 0 saturated heterocycles. The summed E-state index contributed by atoms with van der Waals surface area (Å²) >= 11 is 0. The Morgan fingerprint density at radius 2 is 1.72 bits per heavy atom. The van der Waals surface area contributed by atoms with E-state index in [-0.39, 0.29) is 17.4 Å². The van der Waals surface area contributed by atoms with Gasteiger partial charge < -0.3 is 15.4 Å². The van der Waals surface area contributed by atoms with Crippen molar-refractivity contribution >= 4 is 23.3 Å². The Balaban J connectivity index is 2.07. The highest BCUT2D eigenvalue weighted by molar-refractivity contribution is 6.04. The zero-order chi connectivity index (χ0) is 18.4. The summed E-state index contributed by atoms with van der Waals surface area (Å²) in [4.78, 5) is 28.1. The first-order chi connectivity index (χ1) is 11.8. The first-order valence-corrected chi connectivity index (χ1v) is 8.10. The second-order valence-electron chi connectivity index (χ2n) is 6.59. The van der Waals surface area contributed by atoms with E-state index in [1.807, 2.05) is 20.8 Å². The van der Waals surface area contributed by atoms with Crippen LogP contribution < -0.4 is 10.6 Å². The fraction of sp³-hybridized carbons (Fsp3) is 0.316. The minimum atomic E-state index is -0.384. The zero-order valence-electron chi connectivity index (χ0n) is 14.9. The molecule has 0 fully saturated rings. The number of ether oxygens (including phenoxy) is 1. The van der Waals surface area contributed by atoms with E-state index in [4.69, 9.17) is 4.74 Å². The van der Waals surface area contributed by atoms with Crippen LogP contribution in [0.5, 0.6) is 0 Å². The number of benzene rings is 1. The maximum Gasteiger partial charge on any atom is 0.338 e. The smallest absolute Gasteiger partial charge is 0.338 e. The topological polar surface area (TPSA) is 80.3 Å². The number of amides is 1. The van der Waals surface area contributed by atoms with E-state index in [0.717, 1.165) is 5.69 Å². The summed E-state index contributed by atoms with van der Waals surface area (Å²) in [5, 5.41) is 6.07. The Bertz CT molecular complexity index is 749. The molecule has 0 aliphatic rings. The van der Waals surface area contributed by atoms with E-state index in [9.17, 15) is 9.59 Å². The molecule has 1 aromatic heterocycles. The molecule has 25 heavy (non-hydrogen) atoms. The number of aromatic nitrogens is 1. The van der Waals surface area contributed by atoms with E-state index < -0.39 is 0 Å². The van der Waals surface area contributed by atoms with Crippen LogP contribution in [0, 0.1) is 0 Å². The maximum atomic E-state index is 12.4. The first-order valence-electron chi connectivity index (χ1n) is 8.10. The molecule has 6 heteroatoms. The molecule has 132 valence electrons. The summed E-state index contributed by atoms with van der Waals surface area (Å²) in [5.74, 6) is -0.653. The van der Waals surface area contributed by atoms with Gasteiger partial charge in [-0.05, 0) is 58.0 Å². The molecule has 6 nitrogen and oxygen atoms in total. The Morgan fingerprint density at radius 3 is 2.32 bits per heavy atom. The van der Waals surface area contributed by atoms with Gasteiger partial charge in [0, 0.05) is 23.6 Å². The number of carbonyl (C=O) groups excluding carboxylic acids is 2. The van der Waals surface area contributed by atoms with Gasteiger partial charge in [-0.1, -0.05) is 0 Å². The van der Waals surface area contributed by atoms with E-state index in [1.54, 1.807) is 43.5 Å². The van der Waals surface area contributed by atoms with Gasteiger partial charge in [-0.15, -0.1) is 0 Å². The number of esters is 1. The van der Waals surface area contributed by atoms with Crippen LogP contribution in [0.1, 0.15) is 48.4 Å². The fourth-order valence-electron chi connectivity index (χ4n) is 2.17. The molecule has 2 aromatic rings. The molecule has 0 aliphatic carbocycles. The molecule has 0 saturated carbocycles. The Morgan fingerprint density at radius 1 is 1.04 bits per heavy atom. The largest absolute Gasteiger partial charge is 0.462 e. The molecule has 1 heterocycles. The Kier molecular flexibility index (Phi) is 5.75. The van der Waals surface area contributed by atoms with Gasteiger partial charge in [0.2, 0.25) is 0 Å². The van der Waals surface area contributed by atoms with Gasteiger partial charge >= 0.3 is 5.97 Å². The molecule has 0 unspecified atom stereocenters. The lowest BCUT2D eigenvalue weighted by Crippen LogP contribution is -2.26. The van der Waals surface area contributed by atoms with Crippen molar-refractivity contribution in [3.63, 3.8) is 0 Å². The Labute approximate surface area is 147 Å². The Hall–Kier alpha value is -2.89. The SMILES string of the molecule is CCOC(=O)c1ccc(NC(=O)c2cncc(NC(C)(C)C)c2)cc1. The van der Waals surface area contributed by atoms with Crippen molar-refractivity contribution in [3.8, 4) is 0 Å². The number of hydrogen-bond donors (Lipinski definition) is 2. The number of nitrogens with one attached hydrogen (secondary N) is 2. The molecule has 0 radical (unpaired) electrons. The van der Waals surface area contributed by atoms with Crippen molar-refractivity contribution in [3.05, 3.63) is 53.9 Å². The second kappa shape index (κ2) is 7.79. The van der Waals surface area contributed by atoms with Crippen LogP contribution >= 0.6 is 0 Å². The van der Waals surface area contributed by atoms with Gasteiger partial charge in [-0.2, -0.15) is 0 Å².